The molecule has 0 atom stereocenters. The number of amides is 1. The van der Waals surface area contributed by atoms with Crippen molar-refractivity contribution in [1.82, 2.24) is 4.57 Å². The molecule has 2 heterocycles. The van der Waals surface area contributed by atoms with Crippen molar-refractivity contribution in [1.29, 1.82) is 0 Å². The van der Waals surface area contributed by atoms with E-state index in [1.807, 2.05) is 0 Å². The van der Waals surface area contributed by atoms with E-state index in [1.165, 1.54) is 7.05 Å². The van der Waals surface area contributed by atoms with Gasteiger partial charge in [-0.05, 0) is 6.07 Å². The third kappa shape index (κ3) is 1.36. The second-order valence-electron chi connectivity index (χ2n) is 3.89. The molecule has 6 heteroatoms. The fourth-order valence-corrected chi connectivity index (χ4v) is 2.81. The van der Waals surface area contributed by atoms with Gasteiger partial charge in [0.1, 0.15) is 4.88 Å². The molecular formula is C12H8N2O3S. The van der Waals surface area contributed by atoms with E-state index in [0.29, 0.717) is 16.1 Å². The van der Waals surface area contributed by atoms with Crippen molar-refractivity contribution in [3.8, 4) is 5.88 Å². The van der Waals surface area contributed by atoms with Crippen molar-refractivity contribution < 1.29 is 9.90 Å². The molecule has 0 saturated carbocycles. The number of para-hydroxylation sites is 1. The molecule has 0 spiro atoms. The summed E-state index contributed by atoms with van der Waals surface area (Å²) in [5.74, 6) is -0.617. The van der Waals surface area contributed by atoms with Crippen LogP contribution in [-0.4, -0.2) is 15.6 Å². The number of carbonyl (C=O) groups is 1. The minimum atomic E-state index is -0.423. The molecule has 0 aliphatic carbocycles. The molecule has 1 aliphatic heterocycles. The summed E-state index contributed by atoms with van der Waals surface area (Å²) < 4.78 is 1.11. The van der Waals surface area contributed by atoms with Crippen LogP contribution < -0.4 is 15.4 Å². The lowest BCUT2D eigenvalue weighted by atomic mass is 10.1. The molecular weight excluding hydrogens is 252 g/mol. The summed E-state index contributed by atoms with van der Waals surface area (Å²) >= 11 is 0.845. The van der Waals surface area contributed by atoms with E-state index in [4.69, 9.17) is 0 Å². The third-order valence-corrected chi connectivity index (χ3v) is 3.86. The Balaban J connectivity index is 2.44. The molecule has 1 N–H and O–H groups in total. The minimum Gasteiger partial charge on any atom is -0.493 e. The summed E-state index contributed by atoms with van der Waals surface area (Å²) in [6.45, 7) is 0. The highest BCUT2D eigenvalue weighted by Gasteiger charge is 2.24. The number of rotatable bonds is 1. The van der Waals surface area contributed by atoms with E-state index in [2.05, 4.69) is 4.99 Å². The number of benzene rings is 1. The maximum absolute atomic E-state index is 11.9. The molecule has 0 fully saturated rings. The van der Waals surface area contributed by atoms with Gasteiger partial charge in [0.25, 0.3) is 5.91 Å². The highest BCUT2D eigenvalue weighted by Crippen LogP contribution is 2.27. The van der Waals surface area contributed by atoms with Gasteiger partial charge in [0.2, 0.25) is 5.88 Å². The fraction of sp³-hybridized carbons (Fsp3) is 0.0833. The Morgan fingerprint density at radius 2 is 2.00 bits per heavy atom. The van der Waals surface area contributed by atoms with Crippen LogP contribution in [0.25, 0.3) is 5.57 Å². The maximum atomic E-state index is 11.9. The van der Waals surface area contributed by atoms with Gasteiger partial charge in [-0.3, -0.25) is 14.2 Å². The van der Waals surface area contributed by atoms with Crippen LogP contribution in [0, 0.1) is 0 Å². The average Bonchev–Trinajstić information content (AvgIpc) is 2.80. The number of carbonyl (C=O) groups excluding carboxylic acids is 1. The van der Waals surface area contributed by atoms with Crippen LogP contribution >= 0.6 is 11.3 Å². The number of nitrogens with zero attached hydrogens (tertiary/aromatic N) is 2. The quantitative estimate of drug-likeness (QED) is 0.752. The molecule has 1 aliphatic rings. The van der Waals surface area contributed by atoms with Gasteiger partial charge in [0, 0.05) is 12.3 Å². The number of hydrogen-bond donors (Lipinski definition) is 1. The first-order chi connectivity index (χ1) is 8.59. The summed E-state index contributed by atoms with van der Waals surface area (Å²) in [5.41, 5.74) is 0.297. The van der Waals surface area contributed by atoms with E-state index >= 15 is 0 Å². The van der Waals surface area contributed by atoms with Crippen LogP contribution in [0.4, 0.5) is 0 Å². The zero-order valence-electron chi connectivity index (χ0n) is 9.38. The Hall–Kier alpha value is -2.21. The molecule has 18 heavy (non-hydrogen) atoms. The lowest BCUT2D eigenvalue weighted by Gasteiger charge is -1.97. The standard InChI is InChI=1S/C12H8N2O3S/c1-14-11(16)9(18-12(14)17)8-6-4-2-3-5-7(6)13-10(8)15/h2-5,16H,1H3. The molecule has 0 bridgehead atoms. The summed E-state index contributed by atoms with van der Waals surface area (Å²) in [6, 6.07) is 7.05. The molecule has 0 radical (unpaired) electrons. The first kappa shape index (κ1) is 10.9. The van der Waals surface area contributed by atoms with Gasteiger partial charge in [-0.25, -0.2) is 4.99 Å². The van der Waals surface area contributed by atoms with Gasteiger partial charge in [-0.1, -0.05) is 29.5 Å². The van der Waals surface area contributed by atoms with Gasteiger partial charge in [0.05, 0.1) is 10.9 Å². The molecule has 1 aromatic carbocycles. The Bertz CT molecular complexity index is 845. The van der Waals surface area contributed by atoms with E-state index < -0.39 is 5.91 Å². The predicted molar refractivity (Wildman–Crippen MR) is 66.0 cm³/mol. The monoisotopic (exact) mass is 260 g/mol. The average molecular weight is 260 g/mol. The van der Waals surface area contributed by atoms with E-state index in [0.717, 1.165) is 15.9 Å². The largest absolute Gasteiger partial charge is 0.493 e. The second kappa shape index (κ2) is 3.64. The van der Waals surface area contributed by atoms with Gasteiger partial charge < -0.3 is 5.11 Å². The highest BCUT2D eigenvalue weighted by atomic mass is 32.1. The van der Waals surface area contributed by atoms with Gasteiger partial charge in [-0.2, -0.15) is 0 Å². The van der Waals surface area contributed by atoms with Crippen LogP contribution in [0.2, 0.25) is 0 Å². The smallest absolute Gasteiger partial charge is 0.310 e. The summed E-state index contributed by atoms with van der Waals surface area (Å²) in [4.78, 5) is 27.3. The van der Waals surface area contributed by atoms with Gasteiger partial charge >= 0.3 is 4.87 Å². The fourth-order valence-electron chi connectivity index (χ4n) is 1.89. The zero-order valence-corrected chi connectivity index (χ0v) is 10.2. The van der Waals surface area contributed by atoms with Crippen LogP contribution in [0.15, 0.2) is 34.1 Å². The van der Waals surface area contributed by atoms with Crippen molar-refractivity contribution >= 4 is 22.8 Å². The number of thiazole rings is 1. The van der Waals surface area contributed by atoms with E-state index in [1.54, 1.807) is 24.3 Å². The number of aromatic hydroxyl groups is 1. The van der Waals surface area contributed by atoms with Crippen molar-refractivity contribution in [3.63, 3.8) is 0 Å². The van der Waals surface area contributed by atoms with Crippen LogP contribution in [0.1, 0.15) is 4.88 Å². The second-order valence-corrected chi connectivity index (χ2v) is 4.85. The van der Waals surface area contributed by atoms with Gasteiger partial charge in [-0.15, -0.1) is 0 Å². The van der Waals surface area contributed by atoms with Crippen molar-refractivity contribution in [2.45, 2.75) is 0 Å². The molecule has 3 rings (SSSR count). The lowest BCUT2D eigenvalue weighted by molar-refractivity contribution is -0.112. The molecule has 0 saturated heterocycles. The minimum absolute atomic E-state index is 0.194. The molecule has 5 nitrogen and oxygen atoms in total. The molecule has 0 unspecified atom stereocenters. The highest BCUT2D eigenvalue weighted by molar-refractivity contribution is 7.11. The topological polar surface area (TPSA) is 71.7 Å². The predicted octanol–water partition coefficient (Wildman–Crippen LogP) is -0.489. The SMILES string of the molecule is Cn1c(O)c(C2=c3ccccc3=NC2=O)sc1=O. The van der Waals surface area contributed by atoms with Crippen molar-refractivity contribution in [3.05, 3.63) is 49.4 Å². The first-order valence-corrected chi connectivity index (χ1v) is 6.03. The molecule has 1 aromatic heterocycles. The Morgan fingerprint density at radius 3 is 2.67 bits per heavy atom. The van der Waals surface area contributed by atoms with Crippen molar-refractivity contribution in [2.75, 3.05) is 0 Å². The third-order valence-electron chi connectivity index (χ3n) is 2.82. The Morgan fingerprint density at radius 1 is 1.28 bits per heavy atom. The van der Waals surface area contributed by atoms with Crippen LogP contribution in [0.3, 0.4) is 0 Å². The lowest BCUT2D eigenvalue weighted by Crippen LogP contribution is -2.22. The van der Waals surface area contributed by atoms with Crippen LogP contribution in [-0.2, 0) is 11.8 Å². The Kier molecular flexibility index (Phi) is 2.21. The molecule has 90 valence electrons. The first-order valence-electron chi connectivity index (χ1n) is 5.21. The maximum Gasteiger partial charge on any atom is 0.310 e. The van der Waals surface area contributed by atoms with Crippen molar-refractivity contribution in [2.24, 2.45) is 12.0 Å². The zero-order chi connectivity index (χ0) is 12.9. The number of fused-ring (bicyclic) bond motifs is 1. The van der Waals surface area contributed by atoms with E-state index in [-0.39, 0.29) is 15.6 Å². The number of hydrogen-bond acceptors (Lipinski definition) is 4. The van der Waals surface area contributed by atoms with Crippen LogP contribution in [0.5, 0.6) is 5.88 Å². The van der Waals surface area contributed by atoms with E-state index in [9.17, 15) is 14.7 Å². The molecule has 1 amide bonds. The van der Waals surface area contributed by atoms with Gasteiger partial charge in [0.15, 0.2) is 0 Å². The normalized spacial score (nSPS) is 13.6. The summed E-state index contributed by atoms with van der Waals surface area (Å²) in [5, 5.41) is 11.1. The summed E-state index contributed by atoms with van der Waals surface area (Å²) in [6.07, 6.45) is 0. The summed E-state index contributed by atoms with van der Waals surface area (Å²) in [7, 11) is 1.46. The number of aromatic nitrogens is 1. The molecule has 2 aromatic rings. The Labute approximate surface area is 105 Å².